The highest BCUT2D eigenvalue weighted by Crippen LogP contribution is 2.36. The van der Waals surface area contributed by atoms with Crippen molar-refractivity contribution in [1.29, 1.82) is 0 Å². The fourth-order valence-corrected chi connectivity index (χ4v) is 2.22. The number of nitrogens with one attached hydrogen (secondary N) is 1. The Labute approximate surface area is 111 Å². The average Bonchev–Trinajstić information content (AvgIpc) is 2.26. The van der Waals surface area contributed by atoms with Crippen LogP contribution < -0.4 is 15.8 Å². The van der Waals surface area contributed by atoms with Crippen LogP contribution in [-0.2, 0) is 0 Å². The molecule has 0 atom stereocenters. The number of anilines is 1. The van der Waals surface area contributed by atoms with Gasteiger partial charge < -0.3 is 15.8 Å². The van der Waals surface area contributed by atoms with Gasteiger partial charge in [0.25, 0.3) is 0 Å². The van der Waals surface area contributed by atoms with Gasteiger partial charge in [-0.1, -0.05) is 6.07 Å². The highest BCUT2D eigenvalue weighted by molar-refractivity contribution is 5.67. The van der Waals surface area contributed by atoms with Gasteiger partial charge in [0.15, 0.2) is 0 Å². The molecule has 1 aromatic rings. The van der Waals surface area contributed by atoms with Crippen molar-refractivity contribution in [3.8, 4) is 5.75 Å². The minimum atomic E-state index is -0.0332. The van der Waals surface area contributed by atoms with E-state index in [1.165, 1.54) is 16.7 Å². The average molecular weight is 250 g/mol. The van der Waals surface area contributed by atoms with Crippen molar-refractivity contribution in [3.05, 3.63) is 22.8 Å². The zero-order valence-electron chi connectivity index (χ0n) is 12.5. The molecule has 102 valence electrons. The monoisotopic (exact) mass is 250 g/mol. The van der Waals surface area contributed by atoms with Crippen LogP contribution >= 0.6 is 0 Å². The molecule has 0 fully saturated rings. The molecule has 3 heteroatoms. The second-order valence-corrected chi connectivity index (χ2v) is 5.59. The molecule has 0 spiro atoms. The number of methoxy groups -OCH3 is 1. The Bertz CT molecular complexity index is 425. The summed E-state index contributed by atoms with van der Waals surface area (Å²) in [5, 5.41) is 3.57. The molecule has 0 saturated heterocycles. The zero-order chi connectivity index (χ0) is 13.9. The van der Waals surface area contributed by atoms with E-state index in [-0.39, 0.29) is 5.54 Å². The smallest absolute Gasteiger partial charge is 0.145 e. The number of hydrogen-bond acceptors (Lipinski definition) is 3. The van der Waals surface area contributed by atoms with E-state index in [1.807, 2.05) is 0 Å². The first-order valence-electron chi connectivity index (χ1n) is 6.45. The largest absolute Gasteiger partial charge is 0.494 e. The molecule has 0 aliphatic carbocycles. The molecule has 3 nitrogen and oxygen atoms in total. The van der Waals surface area contributed by atoms with Gasteiger partial charge in [0.05, 0.1) is 12.8 Å². The van der Waals surface area contributed by atoms with E-state index in [9.17, 15) is 0 Å². The molecule has 0 aliphatic heterocycles. The van der Waals surface area contributed by atoms with Crippen molar-refractivity contribution in [3.63, 3.8) is 0 Å². The Balaban J connectivity index is 3.20. The summed E-state index contributed by atoms with van der Waals surface area (Å²) in [6, 6.07) is 2.19. The summed E-state index contributed by atoms with van der Waals surface area (Å²) in [6.45, 7) is 11.3. The van der Waals surface area contributed by atoms with Crippen molar-refractivity contribution in [2.24, 2.45) is 5.73 Å². The van der Waals surface area contributed by atoms with Crippen LogP contribution in [0.4, 0.5) is 5.69 Å². The summed E-state index contributed by atoms with van der Waals surface area (Å²) in [5.41, 5.74) is 10.4. The van der Waals surface area contributed by atoms with Crippen molar-refractivity contribution >= 4 is 5.69 Å². The van der Waals surface area contributed by atoms with Crippen LogP contribution in [0.25, 0.3) is 0 Å². The normalized spacial score (nSPS) is 11.5. The third kappa shape index (κ3) is 3.16. The van der Waals surface area contributed by atoms with Crippen molar-refractivity contribution in [2.75, 3.05) is 19.0 Å². The zero-order valence-corrected chi connectivity index (χ0v) is 12.5. The van der Waals surface area contributed by atoms with E-state index in [0.29, 0.717) is 6.54 Å². The van der Waals surface area contributed by atoms with Gasteiger partial charge in [0, 0.05) is 5.54 Å². The summed E-state index contributed by atoms with van der Waals surface area (Å²) < 4.78 is 5.57. The minimum absolute atomic E-state index is 0.0332. The van der Waals surface area contributed by atoms with Crippen molar-refractivity contribution in [2.45, 2.75) is 46.6 Å². The Kier molecular flexibility index (Phi) is 4.63. The standard InChI is InChI=1S/C15H26N2O/c1-10-9-11(2)13(14(18-6)12(10)3)17-15(4,5)7-8-16/h9,17H,7-8,16H2,1-6H3. The third-order valence-corrected chi connectivity index (χ3v) is 3.42. The van der Waals surface area contributed by atoms with Gasteiger partial charge in [-0.25, -0.2) is 0 Å². The molecule has 0 aromatic heterocycles. The first kappa shape index (κ1) is 14.8. The molecule has 0 saturated carbocycles. The molecule has 0 heterocycles. The second-order valence-electron chi connectivity index (χ2n) is 5.59. The molecule has 18 heavy (non-hydrogen) atoms. The highest BCUT2D eigenvalue weighted by atomic mass is 16.5. The summed E-state index contributed by atoms with van der Waals surface area (Å²) >= 11 is 0. The van der Waals surface area contributed by atoms with Gasteiger partial charge >= 0.3 is 0 Å². The van der Waals surface area contributed by atoms with Gasteiger partial charge in [-0.2, -0.15) is 0 Å². The predicted molar refractivity (Wildman–Crippen MR) is 78.6 cm³/mol. The number of benzene rings is 1. The quantitative estimate of drug-likeness (QED) is 0.844. The minimum Gasteiger partial charge on any atom is -0.494 e. The summed E-state index contributed by atoms with van der Waals surface area (Å²) in [4.78, 5) is 0. The molecule has 3 N–H and O–H groups in total. The Morgan fingerprint density at radius 1 is 1.22 bits per heavy atom. The van der Waals surface area contributed by atoms with Crippen LogP contribution in [-0.4, -0.2) is 19.2 Å². The molecule has 0 amide bonds. The van der Waals surface area contributed by atoms with Gasteiger partial charge in [-0.3, -0.25) is 0 Å². The second kappa shape index (κ2) is 5.61. The van der Waals surface area contributed by atoms with Crippen LogP contribution in [0.1, 0.15) is 37.0 Å². The van der Waals surface area contributed by atoms with E-state index in [1.54, 1.807) is 7.11 Å². The Hall–Kier alpha value is -1.22. The lowest BCUT2D eigenvalue weighted by molar-refractivity contribution is 0.410. The lowest BCUT2D eigenvalue weighted by Crippen LogP contribution is -2.34. The predicted octanol–water partition coefficient (Wildman–Crippen LogP) is 3.16. The summed E-state index contributed by atoms with van der Waals surface area (Å²) in [6.07, 6.45) is 0.919. The maximum Gasteiger partial charge on any atom is 0.145 e. The fraction of sp³-hybridized carbons (Fsp3) is 0.600. The van der Waals surface area contributed by atoms with Crippen molar-refractivity contribution < 1.29 is 4.74 Å². The van der Waals surface area contributed by atoms with Crippen LogP contribution in [0.3, 0.4) is 0 Å². The molecule has 1 aromatic carbocycles. The summed E-state index contributed by atoms with van der Waals surface area (Å²) in [7, 11) is 1.72. The molecule has 1 rings (SSSR count). The summed E-state index contributed by atoms with van der Waals surface area (Å²) in [5.74, 6) is 0.942. The van der Waals surface area contributed by atoms with E-state index in [4.69, 9.17) is 10.5 Å². The Morgan fingerprint density at radius 3 is 2.33 bits per heavy atom. The number of nitrogens with two attached hydrogens (primary N) is 1. The van der Waals surface area contributed by atoms with E-state index >= 15 is 0 Å². The van der Waals surface area contributed by atoms with Crippen LogP contribution in [0, 0.1) is 20.8 Å². The topological polar surface area (TPSA) is 47.3 Å². The number of ether oxygens (including phenoxy) is 1. The molecular formula is C15H26N2O. The van der Waals surface area contributed by atoms with Gasteiger partial charge in [0.1, 0.15) is 5.75 Å². The van der Waals surface area contributed by atoms with Crippen LogP contribution in [0.2, 0.25) is 0 Å². The van der Waals surface area contributed by atoms with Crippen LogP contribution in [0.5, 0.6) is 5.75 Å². The van der Waals surface area contributed by atoms with Gasteiger partial charge in [0.2, 0.25) is 0 Å². The van der Waals surface area contributed by atoms with E-state index in [2.05, 4.69) is 46.0 Å². The fourth-order valence-electron chi connectivity index (χ4n) is 2.22. The number of rotatable bonds is 5. The Morgan fingerprint density at radius 2 is 1.83 bits per heavy atom. The van der Waals surface area contributed by atoms with E-state index in [0.717, 1.165) is 17.9 Å². The molecule has 0 bridgehead atoms. The molecular weight excluding hydrogens is 224 g/mol. The number of aryl methyl sites for hydroxylation is 2. The van der Waals surface area contributed by atoms with Gasteiger partial charge in [-0.15, -0.1) is 0 Å². The lowest BCUT2D eigenvalue weighted by atomic mass is 9.97. The highest BCUT2D eigenvalue weighted by Gasteiger charge is 2.21. The maximum absolute atomic E-state index is 5.66. The number of hydrogen-bond donors (Lipinski definition) is 2. The first-order chi connectivity index (χ1) is 8.32. The SMILES string of the molecule is COc1c(C)c(C)cc(C)c1NC(C)(C)CCN. The lowest BCUT2D eigenvalue weighted by Gasteiger charge is -2.30. The molecule has 0 unspecified atom stereocenters. The van der Waals surface area contributed by atoms with E-state index < -0.39 is 0 Å². The maximum atomic E-state index is 5.66. The third-order valence-electron chi connectivity index (χ3n) is 3.42. The first-order valence-corrected chi connectivity index (χ1v) is 6.45. The van der Waals surface area contributed by atoms with Crippen LogP contribution in [0.15, 0.2) is 6.07 Å². The van der Waals surface area contributed by atoms with Gasteiger partial charge in [-0.05, 0) is 64.3 Å². The van der Waals surface area contributed by atoms with Crippen molar-refractivity contribution in [1.82, 2.24) is 0 Å². The molecule has 0 radical (unpaired) electrons. The molecule has 0 aliphatic rings.